The lowest BCUT2D eigenvalue weighted by Gasteiger charge is -2.25. The van der Waals surface area contributed by atoms with Crippen molar-refractivity contribution in [2.45, 2.75) is 32.0 Å². The van der Waals surface area contributed by atoms with Gasteiger partial charge in [0.2, 0.25) is 5.91 Å². The molecule has 0 radical (unpaired) electrons. The minimum absolute atomic E-state index is 0.000221. The maximum Gasteiger partial charge on any atom is 0.227 e. The van der Waals surface area contributed by atoms with E-state index in [2.05, 4.69) is 44.8 Å². The second-order valence-corrected chi connectivity index (χ2v) is 7.90. The number of morpholine rings is 1. The first-order valence-corrected chi connectivity index (χ1v) is 9.94. The van der Waals surface area contributed by atoms with Gasteiger partial charge >= 0.3 is 0 Å². The molecule has 2 aromatic rings. The molecule has 138 valence electrons. The summed E-state index contributed by atoms with van der Waals surface area (Å²) >= 11 is 1.60. The van der Waals surface area contributed by atoms with Crippen LogP contribution in [0, 0.1) is 0 Å². The molecule has 2 N–H and O–H groups in total. The molecule has 1 atom stereocenters. The van der Waals surface area contributed by atoms with Crippen LogP contribution in [0.1, 0.15) is 22.6 Å². The van der Waals surface area contributed by atoms with E-state index in [1.165, 1.54) is 10.4 Å². The van der Waals surface area contributed by atoms with Crippen LogP contribution in [0.4, 0.5) is 5.13 Å². The number of amides is 1. The van der Waals surface area contributed by atoms with Crippen LogP contribution in [0.3, 0.4) is 0 Å². The molecule has 4 rings (SSSR count). The fourth-order valence-electron chi connectivity index (χ4n) is 3.42. The first kappa shape index (κ1) is 17.6. The van der Waals surface area contributed by atoms with Gasteiger partial charge in [0.15, 0.2) is 5.13 Å². The van der Waals surface area contributed by atoms with Gasteiger partial charge in [-0.05, 0) is 5.56 Å². The number of aromatic nitrogens is 1. The lowest BCUT2D eigenvalue weighted by molar-refractivity contribution is -0.117. The Morgan fingerprint density at radius 3 is 3.08 bits per heavy atom. The molecule has 1 saturated heterocycles. The zero-order valence-electron chi connectivity index (χ0n) is 14.7. The lowest BCUT2D eigenvalue weighted by Crippen LogP contribution is -2.43. The van der Waals surface area contributed by atoms with Crippen LogP contribution in [0.25, 0.3) is 0 Å². The number of carbonyl (C=O) groups is 1. The summed E-state index contributed by atoms with van der Waals surface area (Å²) in [5, 5.41) is 6.99. The highest BCUT2D eigenvalue weighted by Crippen LogP contribution is 2.29. The van der Waals surface area contributed by atoms with Gasteiger partial charge < -0.3 is 15.4 Å². The highest BCUT2D eigenvalue weighted by Gasteiger charge is 2.22. The normalized spacial score (nSPS) is 20.5. The number of fused-ring (bicyclic) bond motifs is 1. The molecule has 2 aliphatic rings. The third kappa shape index (κ3) is 4.48. The Morgan fingerprint density at radius 1 is 1.38 bits per heavy atom. The lowest BCUT2D eigenvalue weighted by atomic mass is 10.1. The van der Waals surface area contributed by atoms with Gasteiger partial charge in [-0.15, -0.1) is 11.3 Å². The van der Waals surface area contributed by atoms with E-state index in [1.54, 1.807) is 11.3 Å². The van der Waals surface area contributed by atoms with E-state index in [0.29, 0.717) is 13.0 Å². The average Bonchev–Trinajstić information content (AvgIpc) is 3.04. The van der Waals surface area contributed by atoms with Gasteiger partial charge in [0.25, 0.3) is 0 Å². The number of rotatable bonds is 5. The van der Waals surface area contributed by atoms with E-state index in [4.69, 9.17) is 4.74 Å². The van der Waals surface area contributed by atoms with E-state index >= 15 is 0 Å². The predicted octanol–water partition coefficient (Wildman–Crippen LogP) is 2.02. The van der Waals surface area contributed by atoms with Crippen LogP contribution in [-0.2, 0) is 29.0 Å². The highest BCUT2D eigenvalue weighted by molar-refractivity contribution is 7.15. The fraction of sp³-hybridized carbons (Fsp3) is 0.474. The molecule has 1 fully saturated rings. The number of ether oxygens (including phenoxy) is 1. The quantitative estimate of drug-likeness (QED) is 0.841. The molecule has 6 nitrogen and oxygen atoms in total. The van der Waals surface area contributed by atoms with E-state index in [-0.39, 0.29) is 11.9 Å². The monoisotopic (exact) mass is 372 g/mol. The first-order valence-electron chi connectivity index (χ1n) is 9.12. The van der Waals surface area contributed by atoms with Crippen LogP contribution in [0.5, 0.6) is 0 Å². The average molecular weight is 372 g/mol. The van der Waals surface area contributed by atoms with Crippen molar-refractivity contribution in [3.63, 3.8) is 0 Å². The number of carbonyl (C=O) groups excluding carboxylic acids is 1. The van der Waals surface area contributed by atoms with Gasteiger partial charge in [0, 0.05) is 49.9 Å². The van der Waals surface area contributed by atoms with Crippen LogP contribution < -0.4 is 10.6 Å². The van der Waals surface area contributed by atoms with E-state index in [9.17, 15) is 4.79 Å². The zero-order chi connectivity index (χ0) is 17.8. The van der Waals surface area contributed by atoms with Crippen molar-refractivity contribution in [1.29, 1.82) is 0 Å². The van der Waals surface area contributed by atoms with Gasteiger partial charge in [0.1, 0.15) is 0 Å². The molecule has 3 heterocycles. The SMILES string of the molecule is O=C(CC1COCCN1)Nc1nc2c(s1)CN(Cc1ccccc1)CC2. The molecule has 26 heavy (non-hydrogen) atoms. The van der Waals surface area contributed by atoms with Crippen LogP contribution in [0.2, 0.25) is 0 Å². The Labute approximate surface area is 157 Å². The Hall–Kier alpha value is -1.80. The Bertz CT molecular complexity index is 743. The number of hydrogen-bond donors (Lipinski definition) is 2. The van der Waals surface area contributed by atoms with E-state index < -0.39 is 0 Å². The second kappa shape index (κ2) is 8.26. The summed E-state index contributed by atoms with van der Waals surface area (Å²) in [6, 6.07) is 10.6. The van der Waals surface area contributed by atoms with E-state index in [0.717, 1.165) is 50.0 Å². The van der Waals surface area contributed by atoms with Crippen LogP contribution in [0.15, 0.2) is 30.3 Å². The van der Waals surface area contributed by atoms with Crippen molar-refractivity contribution >= 4 is 22.4 Å². The number of hydrogen-bond acceptors (Lipinski definition) is 6. The van der Waals surface area contributed by atoms with Crippen LogP contribution >= 0.6 is 11.3 Å². The smallest absolute Gasteiger partial charge is 0.227 e. The molecule has 1 amide bonds. The summed E-state index contributed by atoms with van der Waals surface area (Å²) in [6.07, 6.45) is 1.36. The van der Waals surface area contributed by atoms with Crippen LogP contribution in [-0.4, -0.2) is 48.1 Å². The summed E-state index contributed by atoms with van der Waals surface area (Å²) in [6.45, 7) is 4.97. The molecular formula is C19H24N4O2S. The van der Waals surface area contributed by atoms with Gasteiger partial charge in [0.05, 0.1) is 18.9 Å². The third-order valence-electron chi connectivity index (χ3n) is 4.74. The number of nitrogens with zero attached hydrogens (tertiary/aromatic N) is 2. The molecule has 0 bridgehead atoms. The molecule has 1 unspecified atom stereocenters. The first-order chi connectivity index (χ1) is 12.8. The molecule has 0 spiro atoms. The fourth-order valence-corrected chi connectivity index (χ4v) is 4.49. The summed E-state index contributed by atoms with van der Waals surface area (Å²) < 4.78 is 5.40. The maximum atomic E-state index is 12.2. The third-order valence-corrected chi connectivity index (χ3v) is 5.73. The van der Waals surface area contributed by atoms with Crippen molar-refractivity contribution < 1.29 is 9.53 Å². The molecule has 2 aliphatic heterocycles. The molecule has 0 saturated carbocycles. The van der Waals surface area contributed by atoms with Gasteiger partial charge in [-0.1, -0.05) is 30.3 Å². The van der Waals surface area contributed by atoms with Crippen molar-refractivity contribution in [2.24, 2.45) is 0 Å². The number of anilines is 1. The standard InChI is InChI=1S/C19H24N4O2S/c24-18(10-15-13-25-9-7-20-15)22-19-21-16-6-8-23(12-17(16)26-19)11-14-4-2-1-3-5-14/h1-5,15,20H,6-13H2,(H,21,22,24). The molecule has 0 aliphatic carbocycles. The van der Waals surface area contributed by atoms with Crippen molar-refractivity contribution in [3.05, 3.63) is 46.5 Å². The molecular weight excluding hydrogens is 348 g/mol. The van der Waals surface area contributed by atoms with Crippen molar-refractivity contribution in [1.82, 2.24) is 15.2 Å². The van der Waals surface area contributed by atoms with Crippen molar-refractivity contribution in [3.8, 4) is 0 Å². The highest BCUT2D eigenvalue weighted by atomic mass is 32.1. The maximum absolute atomic E-state index is 12.2. The zero-order valence-corrected chi connectivity index (χ0v) is 15.6. The van der Waals surface area contributed by atoms with Gasteiger partial charge in [-0.3, -0.25) is 9.69 Å². The van der Waals surface area contributed by atoms with Gasteiger partial charge in [-0.25, -0.2) is 4.98 Å². The Morgan fingerprint density at radius 2 is 2.27 bits per heavy atom. The van der Waals surface area contributed by atoms with Crippen molar-refractivity contribution in [2.75, 3.05) is 31.6 Å². The summed E-state index contributed by atoms with van der Waals surface area (Å²) in [5.74, 6) is 0.000221. The molecule has 1 aromatic heterocycles. The minimum Gasteiger partial charge on any atom is -0.378 e. The largest absolute Gasteiger partial charge is 0.378 e. The van der Waals surface area contributed by atoms with Gasteiger partial charge in [-0.2, -0.15) is 0 Å². The predicted molar refractivity (Wildman–Crippen MR) is 102 cm³/mol. The molecule has 7 heteroatoms. The topological polar surface area (TPSA) is 66.5 Å². The number of nitrogens with one attached hydrogen (secondary N) is 2. The van der Waals surface area contributed by atoms with E-state index in [1.807, 2.05) is 6.07 Å². The summed E-state index contributed by atoms with van der Waals surface area (Å²) in [4.78, 5) is 20.6. The minimum atomic E-state index is 0.000221. The Kier molecular flexibility index (Phi) is 5.59. The molecule has 1 aromatic carbocycles. The number of thiazole rings is 1. The second-order valence-electron chi connectivity index (χ2n) is 6.81. The summed E-state index contributed by atoms with van der Waals surface area (Å²) in [7, 11) is 0. The number of benzene rings is 1. The summed E-state index contributed by atoms with van der Waals surface area (Å²) in [5.41, 5.74) is 2.46. The Balaban J connectivity index is 1.33.